The Morgan fingerprint density at radius 2 is 1.48 bits per heavy atom. The van der Waals surface area contributed by atoms with E-state index >= 15 is 0 Å². The van der Waals surface area contributed by atoms with Crippen molar-refractivity contribution in [1.82, 2.24) is 0 Å². The molecular weight excluding hydrogens is 416 g/mol. The predicted octanol–water partition coefficient (Wildman–Crippen LogP) is 6.51. The van der Waals surface area contributed by atoms with Gasteiger partial charge in [-0.3, -0.25) is 0 Å². The minimum Gasteiger partial charge on any atom is -0.478 e. The molecule has 0 saturated carbocycles. The van der Waals surface area contributed by atoms with Gasteiger partial charge in [0.15, 0.2) is 17.7 Å². The number of alkyl halides is 3. The molecule has 31 heavy (non-hydrogen) atoms. The molecule has 3 aromatic rings. The normalized spacial score (nSPS) is 12.6. The predicted molar refractivity (Wildman–Crippen MR) is 107 cm³/mol. The van der Waals surface area contributed by atoms with E-state index < -0.39 is 29.6 Å². The van der Waals surface area contributed by atoms with Crippen LogP contribution < -0.4 is 9.47 Å². The number of rotatable bonds is 6. The Morgan fingerprint density at radius 1 is 0.871 bits per heavy atom. The minimum atomic E-state index is -4.65. The first kappa shape index (κ1) is 22.4. The largest absolute Gasteiger partial charge is 0.478 e. The van der Waals surface area contributed by atoms with Gasteiger partial charge >= 0.3 is 12.1 Å². The molecule has 8 heteroatoms. The highest BCUT2D eigenvalue weighted by Crippen LogP contribution is 2.37. The Morgan fingerprint density at radius 3 is 2.06 bits per heavy atom. The zero-order valence-corrected chi connectivity index (χ0v) is 17.0. The highest BCUT2D eigenvalue weighted by molar-refractivity contribution is 5.93. The standard InChI is InChI=1S/C23H20F4O4/c1-13(2)29-22(28)14(3)30-19-8-4-7-17-16(19)6-5-9-20(17)31-21-11-10-15(12-18(21)24)23(25,26)27/h4-14H,1-3H3. The Labute approximate surface area is 176 Å². The van der Waals surface area contributed by atoms with Gasteiger partial charge in [0.2, 0.25) is 0 Å². The number of halogens is 4. The molecule has 0 radical (unpaired) electrons. The first-order valence-electron chi connectivity index (χ1n) is 9.49. The third-order valence-corrected chi connectivity index (χ3v) is 4.31. The lowest BCUT2D eigenvalue weighted by molar-refractivity contribution is -0.154. The van der Waals surface area contributed by atoms with Gasteiger partial charge in [-0.1, -0.05) is 24.3 Å². The summed E-state index contributed by atoms with van der Waals surface area (Å²) in [4.78, 5) is 12.0. The maximum absolute atomic E-state index is 14.2. The third-order valence-electron chi connectivity index (χ3n) is 4.31. The fourth-order valence-electron chi connectivity index (χ4n) is 2.89. The summed E-state index contributed by atoms with van der Waals surface area (Å²) in [5, 5.41) is 1.11. The molecule has 0 spiro atoms. The van der Waals surface area contributed by atoms with Gasteiger partial charge in [0.05, 0.1) is 11.7 Å². The van der Waals surface area contributed by atoms with Crippen molar-refractivity contribution in [3.8, 4) is 17.2 Å². The molecule has 0 aromatic heterocycles. The van der Waals surface area contributed by atoms with Crippen LogP contribution >= 0.6 is 0 Å². The molecule has 0 aliphatic rings. The average Bonchev–Trinajstić information content (AvgIpc) is 2.68. The topological polar surface area (TPSA) is 44.8 Å². The SMILES string of the molecule is CC(C)OC(=O)C(C)Oc1cccc2c(Oc3ccc(C(F)(F)F)cc3F)cccc12. The first-order valence-corrected chi connectivity index (χ1v) is 9.49. The van der Waals surface area contributed by atoms with E-state index in [4.69, 9.17) is 14.2 Å². The lowest BCUT2D eigenvalue weighted by Crippen LogP contribution is -2.28. The Hall–Kier alpha value is -3.29. The molecule has 164 valence electrons. The lowest BCUT2D eigenvalue weighted by atomic mass is 10.1. The molecule has 3 rings (SSSR count). The Kier molecular flexibility index (Phi) is 6.38. The van der Waals surface area contributed by atoms with Crippen LogP contribution in [0, 0.1) is 5.82 Å². The highest BCUT2D eigenvalue weighted by Gasteiger charge is 2.31. The van der Waals surface area contributed by atoms with Crippen LogP contribution in [0.5, 0.6) is 17.2 Å². The second kappa shape index (κ2) is 8.83. The summed E-state index contributed by atoms with van der Waals surface area (Å²) >= 11 is 0. The van der Waals surface area contributed by atoms with Gasteiger partial charge in [-0.15, -0.1) is 0 Å². The van der Waals surface area contributed by atoms with E-state index in [1.54, 1.807) is 57.2 Å². The highest BCUT2D eigenvalue weighted by atomic mass is 19.4. The summed E-state index contributed by atoms with van der Waals surface area (Å²) in [7, 11) is 0. The molecule has 0 bridgehead atoms. The Bertz CT molecular complexity index is 1090. The molecule has 4 nitrogen and oxygen atoms in total. The fraction of sp³-hybridized carbons (Fsp3) is 0.261. The van der Waals surface area contributed by atoms with E-state index in [1.165, 1.54) is 0 Å². The van der Waals surface area contributed by atoms with Crippen LogP contribution in [-0.4, -0.2) is 18.2 Å². The van der Waals surface area contributed by atoms with Gasteiger partial charge in [0, 0.05) is 10.8 Å². The monoisotopic (exact) mass is 436 g/mol. The van der Waals surface area contributed by atoms with Crippen LogP contribution in [0.2, 0.25) is 0 Å². The van der Waals surface area contributed by atoms with Crippen molar-refractivity contribution in [3.63, 3.8) is 0 Å². The number of benzene rings is 3. The van der Waals surface area contributed by atoms with E-state index in [1.807, 2.05) is 0 Å². The van der Waals surface area contributed by atoms with Crippen LogP contribution in [0.15, 0.2) is 54.6 Å². The second-order valence-electron chi connectivity index (χ2n) is 7.10. The van der Waals surface area contributed by atoms with Crippen molar-refractivity contribution in [2.45, 2.75) is 39.2 Å². The second-order valence-corrected chi connectivity index (χ2v) is 7.10. The van der Waals surface area contributed by atoms with Crippen LogP contribution in [0.1, 0.15) is 26.3 Å². The van der Waals surface area contributed by atoms with Crippen molar-refractivity contribution in [3.05, 3.63) is 66.0 Å². The van der Waals surface area contributed by atoms with E-state index in [2.05, 4.69) is 0 Å². The van der Waals surface area contributed by atoms with Crippen LogP contribution in [0.4, 0.5) is 17.6 Å². The molecular formula is C23H20F4O4. The van der Waals surface area contributed by atoms with E-state index in [-0.39, 0.29) is 17.6 Å². The lowest BCUT2D eigenvalue weighted by Gasteiger charge is -2.18. The fourth-order valence-corrected chi connectivity index (χ4v) is 2.89. The van der Waals surface area contributed by atoms with Gasteiger partial charge in [-0.2, -0.15) is 13.2 Å². The number of esters is 1. The van der Waals surface area contributed by atoms with E-state index in [0.29, 0.717) is 22.6 Å². The van der Waals surface area contributed by atoms with Crippen molar-refractivity contribution in [2.75, 3.05) is 0 Å². The van der Waals surface area contributed by atoms with Crippen molar-refractivity contribution in [1.29, 1.82) is 0 Å². The van der Waals surface area contributed by atoms with Crippen LogP contribution in [0.3, 0.4) is 0 Å². The zero-order chi connectivity index (χ0) is 22.8. The summed E-state index contributed by atoms with van der Waals surface area (Å²) in [5.74, 6) is -1.40. The zero-order valence-electron chi connectivity index (χ0n) is 17.0. The molecule has 0 aliphatic carbocycles. The average molecular weight is 436 g/mol. The molecule has 0 amide bonds. The quantitative estimate of drug-likeness (QED) is 0.326. The molecule has 0 heterocycles. The molecule has 1 atom stereocenters. The summed E-state index contributed by atoms with van der Waals surface area (Å²) in [6.07, 6.45) is -5.81. The molecule has 0 aliphatic heterocycles. The Balaban J connectivity index is 1.90. The van der Waals surface area contributed by atoms with Gasteiger partial charge < -0.3 is 14.2 Å². The van der Waals surface area contributed by atoms with Gasteiger partial charge in [0.25, 0.3) is 0 Å². The number of hydrogen-bond acceptors (Lipinski definition) is 4. The van der Waals surface area contributed by atoms with Crippen LogP contribution in [0.25, 0.3) is 10.8 Å². The number of ether oxygens (including phenoxy) is 3. The van der Waals surface area contributed by atoms with Gasteiger partial charge in [-0.25, -0.2) is 9.18 Å². The van der Waals surface area contributed by atoms with Crippen molar-refractivity contribution >= 4 is 16.7 Å². The number of fused-ring (bicyclic) bond motifs is 1. The van der Waals surface area contributed by atoms with Gasteiger partial charge in [-0.05, 0) is 51.1 Å². The summed E-state index contributed by atoms with van der Waals surface area (Å²) < 4.78 is 68.9. The maximum Gasteiger partial charge on any atom is 0.416 e. The van der Waals surface area contributed by atoms with Crippen molar-refractivity contribution < 1.29 is 36.6 Å². The molecule has 0 N–H and O–H groups in total. The van der Waals surface area contributed by atoms with Gasteiger partial charge in [0.1, 0.15) is 11.5 Å². The molecule has 0 fully saturated rings. The maximum atomic E-state index is 14.2. The number of carbonyl (C=O) groups excluding carboxylic acids is 1. The summed E-state index contributed by atoms with van der Waals surface area (Å²) in [6.45, 7) is 5.01. The smallest absolute Gasteiger partial charge is 0.416 e. The number of hydrogen-bond donors (Lipinski definition) is 0. The van der Waals surface area contributed by atoms with E-state index in [9.17, 15) is 22.4 Å². The van der Waals surface area contributed by atoms with E-state index in [0.717, 1.165) is 12.1 Å². The minimum absolute atomic E-state index is 0.221. The molecule has 0 saturated heterocycles. The van der Waals surface area contributed by atoms with Crippen LogP contribution in [-0.2, 0) is 15.7 Å². The molecule has 3 aromatic carbocycles. The van der Waals surface area contributed by atoms with Crippen molar-refractivity contribution in [2.24, 2.45) is 0 Å². The third kappa shape index (κ3) is 5.25. The number of carbonyl (C=O) groups is 1. The summed E-state index contributed by atoms with van der Waals surface area (Å²) in [6, 6.07) is 12.0. The molecule has 1 unspecified atom stereocenters. The first-order chi connectivity index (χ1) is 14.6. The summed E-state index contributed by atoms with van der Waals surface area (Å²) in [5.41, 5.74) is -1.10.